The molecule has 0 bridgehead atoms. The predicted octanol–water partition coefficient (Wildman–Crippen LogP) is 4.61. The van der Waals surface area contributed by atoms with E-state index in [0.717, 1.165) is 67.7 Å². The molecule has 1 aliphatic heterocycles. The molecule has 1 saturated heterocycles. The van der Waals surface area contributed by atoms with Crippen LogP contribution in [0, 0.1) is 5.92 Å². The molecule has 2 fully saturated rings. The van der Waals surface area contributed by atoms with Crippen molar-refractivity contribution >= 4 is 29.5 Å². The van der Waals surface area contributed by atoms with Crippen LogP contribution in [-0.4, -0.2) is 39.9 Å². The highest BCUT2D eigenvalue weighted by atomic mass is 35.5. The molecule has 7 heteroatoms. The molecular weight excluding hydrogens is 458 g/mol. The highest BCUT2D eigenvalue weighted by Crippen LogP contribution is 2.35. The monoisotopic (exact) mass is 488 g/mol. The van der Waals surface area contributed by atoms with Crippen LogP contribution < -0.4 is 11.6 Å². The van der Waals surface area contributed by atoms with Gasteiger partial charge in [0.15, 0.2) is 5.69 Å². The minimum absolute atomic E-state index is 0.312. The summed E-state index contributed by atoms with van der Waals surface area (Å²) in [6.07, 6.45) is 8.16. The molecule has 2 heterocycles. The second kappa shape index (κ2) is 10.1. The van der Waals surface area contributed by atoms with Gasteiger partial charge < -0.3 is 4.90 Å². The molecule has 2 aliphatic rings. The van der Waals surface area contributed by atoms with Crippen LogP contribution in [0.25, 0.3) is 11.1 Å². The molecular formula is C28H31ClN5O+. The van der Waals surface area contributed by atoms with E-state index in [-0.39, 0.29) is 0 Å². The van der Waals surface area contributed by atoms with Gasteiger partial charge in [0.1, 0.15) is 0 Å². The summed E-state index contributed by atoms with van der Waals surface area (Å²) in [6, 6.07) is 18.4. The Labute approximate surface area is 211 Å². The van der Waals surface area contributed by atoms with E-state index in [1.54, 1.807) is 6.07 Å². The molecule has 0 spiro atoms. The SMILES string of the molecule is N/C=[N+](\N)c1ccc(Cl)cc1-c1ccc(Cc2cccc(C3CCN(C(=O)C4CC4)CC3)c2)nc1. The Morgan fingerprint density at radius 2 is 1.89 bits per heavy atom. The lowest BCUT2D eigenvalue weighted by atomic mass is 9.88. The maximum atomic E-state index is 12.4. The van der Waals surface area contributed by atoms with Gasteiger partial charge in [-0.3, -0.25) is 21.4 Å². The van der Waals surface area contributed by atoms with Crippen molar-refractivity contribution in [2.75, 3.05) is 13.1 Å². The minimum Gasteiger partial charge on any atom is -0.342 e. The average Bonchev–Trinajstić information content (AvgIpc) is 3.74. The molecule has 1 aliphatic carbocycles. The van der Waals surface area contributed by atoms with Crippen LogP contribution in [0.3, 0.4) is 0 Å². The lowest BCUT2D eigenvalue weighted by molar-refractivity contribution is -0.447. The van der Waals surface area contributed by atoms with Crippen LogP contribution in [0.5, 0.6) is 0 Å². The standard InChI is InChI=1S/C28H30ClN5O/c29-24-7-9-27(34(31)18-30)26(16-24)23-6-8-25(32-17-23)15-19-2-1-3-22(14-19)20-10-12-33(13-11-20)28(35)21-4-5-21/h1-3,6-9,14,16-18,20-21,30H,4-5,10-13,15,31H2/p+1. The van der Waals surface area contributed by atoms with Crippen molar-refractivity contribution < 1.29 is 9.48 Å². The average molecular weight is 489 g/mol. The van der Waals surface area contributed by atoms with E-state index in [0.29, 0.717) is 22.8 Å². The van der Waals surface area contributed by atoms with E-state index in [4.69, 9.17) is 28.2 Å². The first-order valence-corrected chi connectivity index (χ1v) is 12.6. The molecule has 0 radical (unpaired) electrons. The molecule has 1 amide bonds. The lowest BCUT2D eigenvalue weighted by Crippen LogP contribution is -2.38. The molecule has 1 aromatic heterocycles. The van der Waals surface area contributed by atoms with Gasteiger partial charge in [-0.25, -0.2) is 0 Å². The Bertz CT molecular complexity index is 1240. The predicted molar refractivity (Wildman–Crippen MR) is 140 cm³/mol. The Hall–Kier alpha value is -3.38. The number of benzene rings is 2. The summed E-state index contributed by atoms with van der Waals surface area (Å²) >= 11 is 6.23. The van der Waals surface area contributed by atoms with Crippen LogP contribution in [0.4, 0.5) is 5.69 Å². The van der Waals surface area contributed by atoms with Gasteiger partial charge in [-0.2, -0.15) is 0 Å². The lowest BCUT2D eigenvalue weighted by Gasteiger charge is -2.32. The maximum absolute atomic E-state index is 12.4. The maximum Gasteiger partial charge on any atom is 0.258 e. The van der Waals surface area contributed by atoms with Gasteiger partial charge in [-0.05, 0) is 67.0 Å². The van der Waals surface area contributed by atoms with Crippen molar-refractivity contribution in [3.05, 3.63) is 82.6 Å². The van der Waals surface area contributed by atoms with E-state index in [2.05, 4.69) is 29.2 Å². The molecule has 5 rings (SSSR count). The van der Waals surface area contributed by atoms with E-state index in [1.807, 2.05) is 30.5 Å². The number of likely N-dealkylation sites (tertiary alicyclic amines) is 1. The van der Waals surface area contributed by atoms with E-state index in [1.165, 1.54) is 22.1 Å². The molecule has 1 saturated carbocycles. The van der Waals surface area contributed by atoms with Gasteiger partial charge in [-0.1, -0.05) is 41.9 Å². The van der Waals surface area contributed by atoms with Crippen LogP contribution in [0.2, 0.25) is 5.02 Å². The number of amides is 1. The van der Waals surface area contributed by atoms with Gasteiger partial charge >= 0.3 is 0 Å². The summed E-state index contributed by atoms with van der Waals surface area (Å²) in [5.74, 6) is 7.19. The van der Waals surface area contributed by atoms with E-state index in [9.17, 15) is 4.79 Å². The molecule has 2 aromatic carbocycles. The number of hydrazone groups is 1. The zero-order valence-electron chi connectivity index (χ0n) is 19.7. The third-order valence-corrected chi connectivity index (χ3v) is 7.31. The second-order valence-corrected chi connectivity index (χ2v) is 9.99. The molecule has 3 aromatic rings. The molecule has 0 unspecified atom stereocenters. The fourth-order valence-corrected chi connectivity index (χ4v) is 5.09. The number of pyridine rings is 1. The topological polar surface area (TPSA) is 88.2 Å². The van der Waals surface area contributed by atoms with Gasteiger partial charge in [0.2, 0.25) is 5.91 Å². The number of piperidine rings is 1. The summed E-state index contributed by atoms with van der Waals surface area (Å²) in [6.45, 7) is 1.75. The van der Waals surface area contributed by atoms with Crippen molar-refractivity contribution in [2.45, 2.75) is 38.0 Å². The largest absolute Gasteiger partial charge is 0.342 e. The number of hydrogen-bond donors (Lipinski definition) is 2. The molecule has 0 atom stereocenters. The Balaban J connectivity index is 1.27. The number of carbonyl (C=O) groups is 1. The van der Waals surface area contributed by atoms with E-state index >= 15 is 0 Å². The Kier molecular flexibility index (Phi) is 6.73. The van der Waals surface area contributed by atoms with Crippen LogP contribution in [0.15, 0.2) is 60.8 Å². The summed E-state index contributed by atoms with van der Waals surface area (Å²) in [5.41, 5.74) is 11.8. The first-order valence-electron chi connectivity index (χ1n) is 12.2. The first-order chi connectivity index (χ1) is 17.0. The summed E-state index contributed by atoms with van der Waals surface area (Å²) in [4.78, 5) is 19.1. The minimum atomic E-state index is 0.312. The number of nitrogens with zero attached hydrogens (tertiary/aromatic N) is 3. The summed E-state index contributed by atoms with van der Waals surface area (Å²) in [5, 5.41) is 0.623. The number of aromatic nitrogens is 1. The Morgan fingerprint density at radius 1 is 1.09 bits per heavy atom. The normalized spacial score (nSPS) is 16.9. The Morgan fingerprint density at radius 3 is 2.57 bits per heavy atom. The van der Waals surface area contributed by atoms with Crippen LogP contribution in [0.1, 0.15) is 48.4 Å². The van der Waals surface area contributed by atoms with Gasteiger partial charge in [0.25, 0.3) is 6.34 Å². The third-order valence-electron chi connectivity index (χ3n) is 7.07. The van der Waals surface area contributed by atoms with E-state index < -0.39 is 0 Å². The second-order valence-electron chi connectivity index (χ2n) is 9.55. The summed E-state index contributed by atoms with van der Waals surface area (Å²) in [7, 11) is 0. The highest BCUT2D eigenvalue weighted by molar-refractivity contribution is 6.31. The smallest absolute Gasteiger partial charge is 0.258 e. The zero-order chi connectivity index (χ0) is 24.4. The molecule has 6 nitrogen and oxygen atoms in total. The van der Waals surface area contributed by atoms with Crippen LogP contribution in [-0.2, 0) is 11.2 Å². The fraction of sp³-hybridized carbons (Fsp3) is 0.321. The first kappa shape index (κ1) is 23.4. The quantitative estimate of drug-likeness (QED) is 0.174. The van der Waals surface area contributed by atoms with Crippen molar-refractivity contribution in [2.24, 2.45) is 17.5 Å². The van der Waals surface area contributed by atoms with Crippen molar-refractivity contribution in [1.82, 2.24) is 9.88 Å². The molecule has 35 heavy (non-hydrogen) atoms. The summed E-state index contributed by atoms with van der Waals surface area (Å²) < 4.78 is 1.37. The van der Waals surface area contributed by atoms with Gasteiger partial charge in [0.05, 0.1) is 0 Å². The number of hydrogen-bond acceptors (Lipinski definition) is 3. The van der Waals surface area contributed by atoms with Crippen molar-refractivity contribution in [3.8, 4) is 11.1 Å². The van der Waals surface area contributed by atoms with Crippen molar-refractivity contribution in [3.63, 3.8) is 0 Å². The van der Waals surface area contributed by atoms with Crippen molar-refractivity contribution in [1.29, 1.82) is 0 Å². The number of rotatable bonds is 6. The fourth-order valence-electron chi connectivity index (χ4n) is 4.92. The van der Waals surface area contributed by atoms with Crippen LogP contribution >= 0.6 is 11.6 Å². The number of halogens is 1. The number of hydrazine groups is 1. The zero-order valence-corrected chi connectivity index (χ0v) is 20.5. The van der Waals surface area contributed by atoms with Gasteiger partial charge in [0, 0.05) is 53.5 Å². The number of nitrogens with two attached hydrogens (primary N) is 2. The third kappa shape index (κ3) is 5.33. The molecule has 4 N–H and O–H groups in total. The van der Waals surface area contributed by atoms with Gasteiger partial charge in [-0.15, -0.1) is 4.68 Å². The highest BCUT2D eigenvalue weighted by Gasteiger charge is 2.35. The number of carbonyl (C=O) groups excluding carboxylic acids is 1. The molecule has 180 valence electrons.